The molecule has 0 bridgehead atoms. The predicted molar refractivity (Wildman–Crippen MR) is 72.8 cm³/mol. The minimum Gasteiger partial charge on any atom is -0.321 e. The summed E-state index contributed by atoms with van der Waals surface area (Å²) in [4.78, 5) is 0. The van der Waals surface area contributed by atoms with E-state index in [0.717, 1.165) is 11.1 Å². The second kappa shape index (κ2) is 4.91. The summed E-state index contributed by atoms with van der Waals surface area (Å²) in [6, 6.07) is 14.8. The fraction of sp³-hybridized carbons (Fsp3) is 0.250. The summed E-state index contributed by atoms with van der Waals surface area (Å²) in [5.74, 6) is -0.243. The molecule has 0 spiro atoms. The van der Waals surface area contributed by atoms with Gasteiger partial charge in [0.1, 0.15) is 5.82 Å². The van der Waals surface area contributed by atoms with Gasteiger partial charge in [-0.15, -0.1) is 0 Å². The molecule has 0 fully saturated rings. The smallest absolute Gasteiger partial charge is 0.123 e. The molecule has 1 atom stereocenters. The van der Waals surface area contributed by atoms with Gasteiger partial charge in [0.05, 0.1) is 0 Å². The minimum atomic E-state index is -0.558. The maximum atomic E-state index is 13.2. The first-order valence-corrected chi connectivity index (χ1v) is 6.08. The molecule has 94 valence electrons. The molecule has 2 aromatic carbocycles. The van der Waals surface area contributed by atoms with E-state index in [1.54, 1.807) is 6.07 Å². The van der Waals surface area contributed by atoms with Crippen LogP contribution < -0.4 is 5.73 Å². The lowest BCUT2D eigenvalue weighted by molar-refractivity contribution is 0.486. The van der Waals surface area contributed by atoms with Gasteiger partial charge >= 0.3 is 0 Å². The Hall–Kier alpha value is -1.67. The number of hydrogen-bond donors (Lipinski definition) is 1. The minimum absolute atomic E-state index is 0.243. The number of nitrogens with two attached hydrogens (primary N) is 1. The molecular formula is C16H18FN. The molecule has 1 nitrogen and oxygen atoms in total. The van der Waals surface area contributed by atoms with Crippen LogP contribution in [0.15, 0.2) is 48.5 Å². The van der Waals surface area contributed by atoms with Crippen molar-refractivity contribution < 1.29 is 4.39 Å². The maximum Gasteiger partial charge on any atom is 0.123 e. The third-order valence-corrected chi connectivity index (χ3v) is 3.18. The molecule has 2 aromatic rings. The van der Waals surface area contributed by atoms with Crippen LogP contribution in [0.2, 0.25) is 0 Å². The van der Waals surface area contributed by atoms with Crippen LogP contribution >= 0.6 is 0 Å². The van der Waals surface area contributed by atoms with Crippen LogP contribution in [-0.2, 0) is 12.0 Å². The Labute approximate surface area is 107 Å². The Morgan fingerprint density at radius 3 is 2.39 bits per heavy atom. The lowest BCUT2D eigenvalue weighted by Crippen LogP contribution is -2.35. The molecule has 1 unspecified atom stereocenters. The molecule has 0 saturated carbocycles. The summed E-state index contributed by atoms with van der Waals surface area (Å²) in [5, 5.41) is 0. The highest BCUT2D eigenvalue weighted by Gasteiger charge is 2.21. The molecule has 18 heavy (non-hydrogen) atoms. The average molecular weight is 243 g/mol. The highest BCUT2D eigenvalue weighted by atomic mass is 19.1. The van der Waals surface area contributed by atoms with Gasteiger partial charge < -0.3 is 5.73 Å². The SMILES string of the molecule is Cc1ccc(CC(C)(N)c2cccc(F)c2)cc1. The van der Waals surface area contributed by atoms with E-state index >= 15 is 0 Å². The number of halogens is 1. The second-order valence-corrected chi connectivity index (χ2v) is 5.09. The van der Waals surface area contributed by atoms with E-state index in [1.807, 2.05) is 13.0 Å². The number of benzene rings is 2. The fourth-order valence-corrected chi connectivity index (χ4v) is 2.08. The van der Waals surface area contributed by atoms with E-state index in [-0.39, 0.29) is 5.82 Å². The fourth-order valence-electron chi connectivity index (χ4n) is 2.08. The normalized spacial score (nSPS) is 14.2. The van der Waals surface area contributed by atoms with Crippen molar-refractivity contribution in [2.24, 2.45) is 5.73 Å². The van der Waals surface area contributed by atoms with E-state index < -0.39 is 5.54 Å². The zero-order valence-corrected chi connectivity index (χ0v) is 10.8. The Morgan fingerprint density at radius 1 is 1.11 bits per heavy atom. The lowest BCUT2D eigenvalue weighted by atomic mass is 9.86. The van der Waals surface area contributed by atoms with Gasteiger partial charge in [0.15, 0.2) is 0 Å². The highest BCUT2D eigenvalue weighted by molar-refractivity contribution is 5.29. The van der Waals surface area contributed by atoms with Crippen molar-refractivity contribution in [3.05, 3.63) is 71.0 Å². The average Bonchev–Trinajstić information content (AvgIpc) is 2.32. The molecule has 0 amide bonds. The summed E-state index contributed by atoms with van der Waals surface area (Å²) in [7, 11) is 0. The monoisotopic (exact) mass is 243 g/mol. The van der Waals surface area contributed by atoms with Gasteiger partial charge in [-0.25, -0.2) is 4.39 Å². The van der Waals surface area contributed by atoms with E-state index in [4.69, 9.17) is 5.73 Å². The van der Waals surface area contributed by atoms with Crippen molar-refractivity contribution in [2.75, 3.05) is 0 Å². The quantitative estimate of drug-likeness (QED) is 0.876. The number of aryl methyl sites for hydroxylation is 1. The zero-order valence-electron chi connectivity index (χ0n) is 10.8. The molecule has 0 aromatic heterocycles. The predicted octanol–water partition coefficient (Wildman–Crippen LogP) is 3.55. The Bertz CT molecular complexity index is 529. The van der Waals surface area contributed by atoms with Crippen LogP contribution in [-0.4, -0.2) is 0 Å². The van der Waals surface area contributed by atoms with Crippen molar-refractivity contribution in [3.63, 3.8) is 0 Å². The number of hydrogen-bond acceptors (Lipinski definition) is 1. The summed E-state index contributed by atoms with van der Waals surface area (Å²) in [6.45, 7) is 3.99. The first-order valence-electron chi connectivity index (χ1n) is 6.08. The summed E-state index contributed by atoms with van der Waals surface area (Å²) in [5.41, 5.74) is 8.96. The van der Waals surface area contributed by atoms with Crippen LogP contribution in [0, 0.1) is 12.7 Å². The van der Waals surface area contributed by atoms with Gasteiger partial charge in [0, 0.05) is 5.54 Å². The topological polar surface area (TPSA) is 26.0 Å². The first-order chi connectivity index (χ1) is 8.47. The second-order valence-electron chi connectivity index (χ2n) is 5.09. The van der Waals surface area contributed by atoms with Crippen molar-refractivity contribution in [1.82, 2.24) is 0 Å². The summed E-state index contributed by atoms with van der Waals surface area (Å²) in [6.07, 6.45) is 0.691. The summed E-state index contributed by atoms with van der Waals surface area (Å²) >= 11 is 0. The lowest BCUT2D eigenvalue weighted by Gasteiger charge is -2.25. The Kier molecular flexibility index (Phi) is 3.48. The Balaban J connectivity index is 2.23. The molecule has 0 aliphatic rings. The van der Waals surface area contributed by atoms with Crippen LogP contribution in [0.4, 0.5) is 4.39 Å². The molecule has 0 heterocycles. The van der Waals surface area contributed by atoms with Gasteiger partial charge in [-0.2, -0.15) is 0 Å². The zero-order chi connectivity index (χ0) is 13.2. The van der Waals surface area contributed by atoms with E-state index in [9.17, 15) is 4.39 Å². The van der Waals surface area contributed by atoms with Gasteiger partial charge in [-0.05, 0) is 43.5 Å². The highest BCUT2D eigenvalue weighted by Crippen LogP contribution is 2.23. The van der Waals surface area contributed by atoms with Crippen LogP contribution in [0.3, 0.4) is 0 Å². The van der Waals surface area contributed by atoms with Crippen molar-refractivity contribution in [2.45, 2.75) is 25.8 Å². The molecule has 2 N–H and O–H groups in total. The Morgan fingerprint density at radius 2 is 1.78 bits per heavy atom. The van der Waals surface area contributed by atoms with E-state index in [0.29, 0.717) is 6.42 Å². The van der Waals surface area contributed by atoms with Gasteiger partial charge in [-0.1, -0.05) is 42.0 Å². The van der Waals surface area contributed by atoms with Crippen LogP contribution in [0.1, 0.15) is 23.6 Å². The van der Waals surface area contributed by atoms with E-state index in [2.05, 4.69) is 31.2 Å². The molecule has 0 saturated heterocycles. The number of rotatable bonds is 3. The molecule has 0 radical (unpaired) electrons. The van der Waals surface area contributed by atoms with Crippen molar-refractivity contribution in [3.8, 4) is 0 Å². The van der Waals surface area contributed by atoms with Crippen LogP contribution in [0.25, 0.3) is 0 Å². The van der Waals surface area contributed by atoms with E-state index in [1.165, 1.54) is 17.7 Å². The third-order valence-electron chi connectivity index (χ3n) is 3.18. The molecule has 0 aliphatic carbocycles. The largest absolute Gasteiger partial charge is 0.321 e. The molecular weight excluding hydrogens is 225 g/mol. The molecule has 2 heteroatoms. The standard InChI is InChI=1S/C16H18FN/c1-12-6-8-13(9-7-12)11-16(2,18)14-4-3-5-15(17)10-14/h3-10H,11,18H2,1-2H3. The molecule has 0 aliphatic heterocycles. The summed E-state index contributed by atoms with van der Waals surface area (Å²) < 4.78 is 13.2. The molecule has 2 rings (SSSR count). The first kappa shape index (κ1) is 12.8. The van der Waals surface area contributed by atoms with Gasteiger partial charge in [0.25, 0.3) is 0 Å². The van der Waals surface area contributed by atoms with Crippen molar-refractivity contribution in [1.29, 1.82) is 0 Å². The maximum absolute atomic E-state index is 13.2. The van der Waals surface area contributed by atoms with Gasteiger partial charge in [0.2, 0.25) is 0 Å². The van der Waals surface area contributed by atoms with Crippen molar-refractivity contribution >= 4 is 0 Å². The van der Waals surface area contributed by atoms with Crippen LogP contribution in [0.5, 0.6) is 0 Å². The third kappa shape index (κ3) is 2.96. The van der Waals surface area contributed by atoms with Gasteiger partial charge in [-0.3, -0.25) is 0 Å².